The highest BCUT2D eigenvalue weighted by atomic mass is 79.9. The van der Waals surface area contributed by atoms with E-state index in [1.807, 2.05) is 37.3 Å². The highest BCUT2D eigenvalue weighted by molar-refractivity contribution is 9.10. The highest BCUT2D eigenvalue weighted by Gasteiger charge is 2.19. The van der Waals surface area contributed by atoms with Crippen molar-refractivity contribution >= 4 is 39.0 Å². The molecule has 164 valence electrons. The summed E-state index contributed by atoms with van der Waals surface area (Å²) >= 11 is 6.73. The summed E-state index contributed by atoms with van der Waals surface area (Å²) in [4.78, 5) is 4.80. The smallest absolute Gasteiger partial charge is 0.192 e. The summed E-state index contributed by atoms with van der Waals surface area (Å²) in [6, 6.07) is 16.2. The molecule has 2 heterocycles. The molecule has 32 heavy (non-hydrogen) atoms. The summed E-state index contributed by atoms with van der Waals surface area (Å²) < 4.78 is 9.14. The molecule has 0 N–H and O–H groups in total. The Morgan fingerprint density at radius 2 is 1.91 bits per heavy atom. The Labute approximate surface area is 204 Å². The van der Waals surface area contributed by atoms with Crippen LogP contribution < -0.4 is 4.74 Å². The van der Waals surface area contributed by atoms with Crippen molar-refractivity contribution in [3.8, 4) is 16.3 Å². The van der Waals surface area contributed by atoms with E-state index >= 15 is 0 Å². The average molecular weight is 528 g/mol. The molecule has 0 spiro atoms. The van der Waals surface area contributed by atoms with E-state index in [0.717, 1.165) is 43.2 Å². The number of allylic oxidation sites excluding steroid dienone is 1. The topological polar surface area (TPSA) is 52.8 Å². The fourth-order valence-electron chi connectivity index (χ4n) is 3.12. The molecule has 0 fully saturated rings. The van der Waals surface area contributed by atoms with Crippen molar-refractivity contribution in [3.05, 3.63) is 88.1 Å². The number of thioether (sulfide) groups is 1. The number of nitrogens with zero attached hydrogens (tertiary/aromatic N) is 4. The van der Waals surface area contributed by atoms with E-state index in [-0.39, 0.29) is 6.10 Å². The van der Waals surface area contributed by atoms with E-state index in [4.69, 9.17) is 9.72 Å². The number of rotatable bonds is 9. The van der Waals surface area contributed by atoms with Gasteiger partial charge in [0, 0.05) is 27.7 Å². The zero-order valence-corrected chi connectivity index (χ0v) is 21.1. The summed E-state index contributed by atoms with van der Waals surface area (Å²) in [5.74, 6) is 2.28. The lowest BCUT2D eigenvalue weighted by molar-refractivity contribution is 0.210. The van der Waals surface area contributed by atoms with Gasteiger partial charge in [-0.3, -0.25) is 4.57 Å². The SMILES string of the molecule is C=CCn1c(SCc2csc(-c3ccc(C)cc3)n2)nnc1C(C)Oc1ccc(Br)cc1. The van der Waals surface area contributed by atoms with E-state index in [1.165, 1.54) is 5.56 Å². The minimum absolute atomic E-state index is 0.245. The Morgan fingerprint density at radius 1 is 1.16 bits per heavy atom. The number of halogens is 1. The lowest BCUT2D eigenvalue weighted by Crippen LogP contribution is -2.12. The van der Waals surface area contributed by atoms with Gasteiger partial charge in [0.15, 0.2) is 17.1 Å². The van der Waals surface area contributed by atoms with E-state index in [2.05, 4.69) is 73.8 Å². The van der Waals surface area contributed by atoms with Crippen LogP contribution >= 0.6 is 39.0 Å². The molecule has 8 heteroatoms. The Kier molecular flexibility index (Phi) is 7.44. The average Bonchev–Trinajstić information content (AvgIpc) is 3.42. The Balaban J connectivity index is 1.46. The van der Waals surface area contributed by atoms with Crippen molar-refractivity contribution in [1.29, 1.82) is 0 Å². The van der Waals surface area contributed by atoms with Gasteiger partial charge in [-0.05, 0) is 38.1 Å². The molecule has 0 bridgehead atoms. The third kappa shape index (κ3) is 5.49. The molecular formula is C24H23BrN4OS2. The van der Waals surface area contributed by atoms with E-state index in [0.29, 0.717) is 6.54 Å². The van der Waals surface area contributed by atoms with Gasteiger partial charge in [0.2, 0.25) is 0 Å². The minimum atomic E-state index is -0.245. The van der Waals surface area contributed by atoms with Crippen molar-refractivity contribution in [2.24, 2.45) is 0 Å². The van der Waals surface area contributed by atoms with Gasteiger partial charge in [-0.2, -0.15) is 0 Å². The van der Waals surface area contributed by atoms with Crippen molar-refractivity contribution in [1.82, 2.24) is 19.7 Å². The lowest BCUT2D eigenvalue weighted by atomic mass is 10.2. The molecule has 2 aromatic carbocycles. The molecule has 1 atom stereocenters. The Morgan fingerprint density at radius 3 is 2.62 bits per heavy atom. The Hall–Kier alpha value is -2.42. The molecule has 0 aliphatic heterocycles. The zero-order chi connectivity index (χ0) is 22.5. The summed E-state index contributed by atoms with van der Waals surface area (Å²) in [7, 11) is 0. The number of hydrogen-bond acceptors (Lipinski definition) is 6. The third-order valence-corrected chi connectivity index (χ3v) is 7.22. The van der Waals surface area contributed by atoms with Crippen LogP contribution in [0.3, 0.4) is 0 Å². The number of hydrogen-bond donors (Lipinski definition) is 0. The van der Waals surface area contributed by atoms with E-state index < -0.39 is 0 Å². The van der Waals surface area contributed by atoms with Gasteiger partial charge in [-0.1, -0.05) is 63.6 Å². The predicted molar refractivity (Wildman–Crippen MR) is 135 cm³/mol. The first-order valence-corrected chi connectivity index (χ1v) is 12.8. The van der Waals surface area contributed by atoms with Gasteiger partial charge < -0.3 is 4.74 Å². The number of benzene rings is 2. The van der Waals surface area contributed by atoms with Crippen molar-refractivity contribution in [3.63, 3.8) is 0 Å². The maximum Gasteiger partial charge on any atom is 0.192 e. The van der Waals surface area contributed by atoms with E-state index in [9.17, 15) is 0 Å². The zero-order valence-electron chi connectivity index (χ0n) is 17.9. The maximum absolute atomic E-state index is 6.08. The second-order valence-corrected chi connectivity index (χ2v) is 9.97. The molecule has 0 saturated heterocycles. The van der Waals surface area contributed by atoms with Gasteiger partial charge in [-0.15, -0.1) is 28.1 Å². The molecule has 5 nitrogen and oxygen atoms in total. The number of aromatic nitrogens is 4. The van der Waals surface area contributed by atoms with Crippen LogP contribution in [-0.2, 0) is 12.3 Å². The van der Waals surface area contributed by atoms with Gasteiger partial charge in [-0.25, -0.2) is 4.98 Å². The molecule has 2 aromatic heterocycles. The van der Waals surface area contributed by atoms with Crippen LogP contribution in [0.15, 0.2) is 76.2 Å². The fraction of sp³-hybridized carbons (Fsp3) is 0.208. The molecule has 4 aromatic rings. The van der Waals surface area contributed by atoms with E-state index in [1.54, 1.807) is 23.1 Å². The van der Waals surface area contributed by atoms with Crippen molar-refractivity contribution < 1.29 is 4.74 Å². The molecule has 4 rings (SSSR count). The minimum Gasteiger partial charge on any atom is -0.483 e. The maximum atomic E-state index is 6.08. The van der Waals surface area contributed by atoms with Crippen molar-refractivity contribution in [2.75, 3.05) is 0 Å². The third-order valence-electron chi connectivity index (χ3n) is 4.75. The van der Waals surface area contributed by atoms with Crippen LogP contribution in [0.5, 0.6) is 5.75 Å². The van der Waals surface area contributed by atoms with Crippen molar-refractivity contribution in [2.45, 2.75) is 37.4 Å². The first-order chi connectivity index (χ1) is 15.5. The largest absolute Gasteiger partial charge is 0.483 e. The number of ether oxygens (including phenoxy) is 1. The van der Waals surface area contributed by atoms with Crippen LogP contribution in [0.1, 0.15) is 30.1 Å². The number of aryl methyl sites for hydroxylation is 1. The van der Waals surface area contributed by atoms with Gasteiger partial charge in [0.05, 0.1) is 5.69 Å². The normalized spacial score (nSPS) is 12.0. The van der Waals surface area contributed by atoms with Gasteiger partial charge >= 0.3 is 0 Å². The molecule has 1 unspecified atom stereocenters. The molecule has 0 aliphatic carbocycles. The highest BCUT2D eigenvalue weighted by Crippen LogP contribution is 2.30. The van der Waals surface area contributed by atoms with Crippen LogP contribution in [0.2, 0.25) is 0 Å². The molecule has 0 amide bonds. The second-order valence-electron chi connectivity index (χ2n) is 7.25. The van der Waals surface area contributed by atoms with Crippen LogP contribution in [0, 0.1) is 6.92 Å². The van der Waals surface area contributed by atoms with Crippen LogP contribution in [-0.4, -0.2) is 19.7 Å². The van der Waals surface area contributed by atoms with Gasteiger partial charge in [0.1, 0.15) is 10.8 Å². The standard InChI is InChI=1S/C24H23BrN4OS2/c1-4-13-29-22(17(3)30-21-11-9-19(25)10-12-21)27-28-24(29)32-15-20-14-31-23(26-20)18-7-5-16(2)6-8-18/h4-12,14,17H,1,13,15H2,2-3H3. The number of thiazole rings is 1. The van der Waals surface area contributed by atoms with Crippen LogP contribution in [0.4, 0.5) is 0 Å². The predicted octanol–water partition coefficient (Wildman–Crippen LogP) is 7.09. The summed E-state index contributed by atoms with van der Waals surface area (Å²) in [6.07, 6.45) is 1.60. The monoisotopic (exact) mass is 526 g/mol. The van der Waals surface area contributed by atoms with Crippen LogP contribution in [0.25, 0.3) is 10.6 Å². The molecule has 0 aliphatic rings. The first-order valence-electron chi connectivity index (χ1n) is 10.1. The molecule has 0 saturated carbocycles. The Bertz CT molecular complexity index is 1190. The lowest BCUT2D eigenvalue weighted by Gasteiger charge is -2.15. The first kappa shape index (κ1) is 22.8. The summed E-state index contributed by atoms with van der Waals surface area (Å²) in [6.45, 7) is 8.58. The quantitative estimate of drug-likeness (QED) is 0.172. The summed E-state index contributed by atoms with van der Waals surface area (Å²) in [5, 5.41) is 12.8. The molecular weight excluding hydrogens is 504 g/mol. The molecule has 0 radical (unpaired) electrons. The fourth-order valence-corrected chi connectivity index (χ4v) is 5.16. The van der Waals surface area contributed by atoms with Gasteiger partial charge in [0.25, 0.3) is 0 Å². The summed E-state index contributed by atoms with van der Waals surface area (Å²) in [5.41, 5.74) is 3.43. The second kappa shape index (κ2) is 10.5.